The van der Waals surface area contributed by atoms with Crippen molar-refractivity contribution in [3.63, 3.8) is 0 Å². The fourth-order valence-electron chi connectivity index (χ4n) is 3.72. The maximum absolute atomic E-state index is 12.1. The molecule has 1 fully saturated rings. The lowest BCUT2D eigenvalue weighted by atomic mass is 9.62. The van der Waals surface area contributed by atoms with Crippen LogP contribution in [0.25, 0.3) is 0 Å². The summed E-state index contributed by atoms with van der Waals surface area (Å²) in [6, 6.07) is 0. The number of esters is 1. The van der Waals surface area contributed by atoms with Crippen molar-refractivity contribution in [1.29, 1.82) is 0 Å². The summed E-state index contributed by atoms with van der Waals surface area (Å²) >= 11 is 6.78. The maximum atomic E-state index is 12.1. The minimum absolute atomic E-state index is 0.0593. The number of cyclic esters (lactones) is 1. The highest BCUT2D eigenvalue weighted by molar-refractivity contribution is 8.22. The van der Waals surface area contributed by atoms with E-state index in [2.05, 4.69) is 20.8 Å². The maximum Gasteiger partial charge on any atom is 0.331 e. The average molecular weight is 343 g/mol. The molecule has 0 saturated heterocycles. The van der Waals surface area contributed by atoms with Crippen LogP contribution in [0.15, 0.2) is 11.6 Å². The second kappa shape index (κ2) is 6.91. The number of rotatable bonds is 4. The Balaban J connectivity index is 2.45. The van der Waals surface area contributed by atoms with E-state index in [0.29, 0.717) is 4.38 Å². The Morgan fingerprint density at radius 3 is 2.86 bits per heavy atom. The Kier molecular flexibility index (Phi) is 5.59. The quantitative estimate of drug-likeness (QED) is 0.549. The molecule has 0 aromatic rings. The van der Waals surface area contributed by atoms with Gasteiger partial charge in [0.25, 0.3) is 0 Å². The van der Waals surface area contributed by atoms with Crippen molar-refractivity contribution >= 4 is 34.3 Å². The first kappa shape index (κ1) is 17.8. The number of hydrogen-bond donors (Lipinski definition) is 0. The lowest BCUT2D eigenvalue weighted by Gasteiger charge is -2.52. The van der Waals surface area contributed by atoms with Crippen LogP contribution in [0.4, 0.5) is 0 Å². The zero-order valence-corrected chi connectivity index (χ0v) is 15.6. The summed E-state index contributed by atoms with van der Waals surface area (Å²) in [5, 5.41) is 0. The van der Waals surface area contributed by atoms with Crippen molar-refractivity contribution in [2.45, 2.75) is 71.0 Å². The van der Waals surface area contributed by atoms with E-state index in [1.165, 1.54) is 11.8 Å². The number of carbonyl (C=O) groups excluding carboxylic acids is 1. The Hall–Kier alpha value is -0.550. The van der Waals surface area contributed by atoms with Crippen LogP contribution in [0.3, 0.4) is 0 Å². The third-order valence-corrected chi connectivity index (χ3v) is 5.83. The van der Waals surface area contributed by atoms with E-state index in [-0.39, 0.29) is 17.5 Å². The van der Waals surface area contributed by atoms with Crippen LogP contribution in [0, 0.1) is 5.41 Å². The fraction of sp³-hybridized carbons (Fsp3) is 0.765. The summed E-state index contributed by atoms with van der Waals surface area (Å²) in [6.07, 6.45) is 9.24. The van der Waals surface area contributed by atoms with Gasteiger partial charge < -0.3 is 9.47 Å². The third-order valence-electron chi connectivity index (χ3n) is 4.83. The Morgan fingerprint density at radius 2 is 2.23 bits per heavy atom. The summed E-state index contributed by atoms with van der Waals surface area (Å²) in [5.41, 5.74) is 0.446. The molecule has 0 radical (unpaired) electrons. The van der Waals surface area contributed by atoms with E-state index in [0.717, 1.165) is 44.1 Å². The van der Waals surface area contributed by atoms with Gasteiger partial charge >= 0.3 is 5.97 Å². The summed E-state index contributed by atoms with van der Waals surface area (Å²) in [7, 11) is 0. The lowest BCUT2D eigenvalue weighted by Crippen LogP contribution is -2.57. The predicted molar refractivity (Wildman–Crippen MR) is 95.0 cm³/mol. The fourth-order valence-corrected chi connectivity index (χ4v) is 4.10. The predicted octanol–water partition coefficient (Wildman–Crippen LogP) is 4.64. The normalized spacial score (nSPS) is 30.1. The van der Waals surface area contributed by atoms with Crippen molar-refractivity contribution in [3.8, 4) is 0 Å². The molecule has 0 aromatic carbocycles. The van der Waals surface area contributed by atoms with Gasteiger partial charge in [-0.2, -0.15) is 0 Å². The standard InChI is InChI=1S/C17H26O3S2/c1-5-6-8-13-17(20-15(21)22-4)10-7-9-16(2,3)12(17)11-14(18)19-13/h11,13H,5-10H2,1-4H3/t13-,17-/m1/s1. The number of fused-ring (bicyclic) bond motifs is 1. The highest BCUT2D eigenvalue weighted by Gasteiger charge is 2.55. The van der Waals surface area contributed by atoms with E-state index in [4.69, 9.17) is 21.7 Å². The molecule has 1 heterocycles. The number of thioether (sulfide) groups is 1. The Morgan fingerprint density at radius 1 is 1.50 bits per heavy atom. The van der Waals surface area contributed by atoms with Crippen LogP contribution < -0.4 is 0 Å². The molecular weight excluding hydrogens is 316 g/mol. The van der Waals surface area contributed by atoms with E-state index in [1.807, 2.05) is 6.26 Å². The first-order valence-corrected chi connectivity index (χ1v) is 9.69. The molecule has 1 saturated carbocycles. The summed E-state index contributed by atoms with van der Waals surface area (Å²) in [6.45, 7) is 6.52. The monoisotopic (exact) mass is 342 g/mol. The molecule has 124 valence electrons. The van der Waals surface area contributed by atoms with Crippen LogP contribution in [0.1, 0.15) is 59.3 Å². The summed E-state index contributed by atoms with van der Waals surface area (Å²) in [5.74, 6) is -0.236. The van der Waals surface area contributed by atoms with Gasteiger partial charge in [0.2, 0.25) is 4.38 Å². The molecule has 0 N–H and O–H groups in total. The molecule has 0 amide bonds. The third kappa shape index (κ3) is 3.35. The molecule has 1 aliphatic carbocycles. The number of carbonyl (C=O) groups is 1. The van der Waals surface area contributed by atoms with Crippen molar-refractivity contribution < 1.29 is 14.3 Å². The summed E-state index contributed by atoms with van der Waals surface area (Å²) in [4.78, 5) is 12.1. The van der Waals surface area contributed by atoms with Gasteiger partial charge in [0.15, 0.2) is 5.60 Å². The number of ether oxygens (including phenoxy) is 2. The number of hydrogen-bond acceptors (Lipinski definition) is 5. The zero-order valence-electron chi connectivity index (χ0n) is 13.9. The van der Waals surface area contributed by atoms with Crippen LogP contribution >= 0.6 is 24.0 Å². The molecule has 2 aliphatic rings. The summed E-state index contributed by atoms with van der Waals surface area (Å²) < 4.78 is 12.5. The number of thiocarbonyl (C=S) groups is 1. The van der Waals surface area contributed by atoms with Gasteiger partial charge in [-0.25, -0.2) is 4.79 Å². The van der Waals surface area contributed by atoms with Gasteiger partial charge in [0.1, 0.15) is 6.10 Å². The van der Waals surface area contributed by atoms with E-state index < -0.39 is 5.60 Å². The average Bonchev–Trinajstić information content (AvgIpc) is 2.46. The zero-order chi connectivity index (χ0) is 16.4. The largest absolute Gasteiger partial charge is 0.463 e. The van der Waals surface area contributed by atoms with Crippen LogP contribution in [0.2, 0.25) is 0 Å². The van der Waals surface area contributed by atoms with Crippen LogP contribution in [-0.2, 0) is 14.3 Å². The lowest BCUT2D eigenvalue weighted by molar-refractivity contribution is -0.163. The molecule has 2 rings (SSSR count). The highest BCUT2D eigenvalue weighted by atomic mass is 32.2. The Bertz CT molecular complexity index is 484. The van der Waals surface area contributed by atoms with Gasteiger partial charge in [-0.3, -0.25) is 0 Å². The van der Waals surface area contributed by atoms with E-state index in [1.54, 1.807) is 6.08 Å². The van der Waals surface area contributed by atoms with Crippen LogP contribution in [-0.4, -0.2) is 28.3 Å². The van der Waals surface area contributed by atoms with Gasteiger partial charge in [-0.1, -0.05) is 39.0 Å². The highest BCUT2D eigenvalue weighted by Crippen LogP contribution is 2.52. The molecule has 0 aromatic heterocycles. The smallest absolute Gasteiger partial charge is 0.331 e. The van der Waals surface area contributed by atoms with Gasteiger partial charge in [0, 0.05) is 6.08 Å². The van der Waals surface area contributed by atoms with Crippen molar-refractivity contribution in [2.75, 3.05) is 6.26 Å². The van der Waals surface area contributed by atoms with Crippen LogP contribution in [0.5, 0.6) is 0 Å². The molecule has 2 atom stereocenters. The van der Waals surface area contributed by atoms with Gasteiger partial charge in [-0.15, -0.1) is 0 Å². The second-order valence-electron chi connectivity index (χ2n) is 6.81. The molecular formula is C17H26O3S2. The Labute approximate surface area is 143 Å². The minimum Gasteiger partial charge on any atom is -0.463 e. The molecule has 1 aliphatic heterocycles. The topological polar surface area (TPSA) is 35.5 Å². The molecule has 22 heavy (non-hydrogen) atoms. The molecule has 0 bridgehead atoms. The molecule has 0 spiro atoms. The molecule has 5 heteroatoms. The first-order chi connectivity index (χ1) is 10.4. The number of unbranched alkanes of at least 4 members (excludes halogenated alkanes) is 1. The van der Waals surface area contributed by atoms with E-state index >= 15 is 0 Å². The van der Waals surface area contributed by atoms with Gasteiger partial charge in [0.05, 0.1) is 0 Å². The second-order valence-corrected chi connectivity index (χ2v) is 8.22. The molecule has 0 unspecified atom stereocenters. The molecule has 3 nitrogen and oxygen atoms in total. The van der Waals surface area contributed by atoms with Crippen molar-refractivity contribution in [1.82, 2.24) is 0 Å². The van der Waals surface area contributed by atoms with Gasteiger partial charge in [-0.05, 0) is 61.6 Å². The minimum atomic E-state index is -0.565. The van der Waals surface area contributed by atoms with E-state index in [9.17, 15) is 4.79 Å². The SMILES string of the molecule is CCCC[C@H]1OC(=O)C=C2C(C)(C)CCC[C@@]21OC(=S)SC. The van der Waals surface area contributed by atoms with Crippen molar-refractivity contribution in [2.24, 2.45) is 5.41 Å². The van der Waals surface area contributed by atoms with Crippen molar-refractivity contribution in [3.05, 3.63) is 11.6 Å². The first-order valence-electron chi connectivity index (χ1n) is 8.06.